The zero-order chi connectivity index (χ0) is 13.2. The maximum Gasteiger partial charge on any atom is 0.159 e. The molecule has 1 N–H and O–H groups in total. The van der Waals surface area contributed by atoms with Crippen molar-refractivity contribution >= 4 is 0 Å². The largest absolute Gasteiger partial charge is 0.385 e. The van der Waals surface area contributed by atoms with Gasteiger partial charge >= 0.3 is 0 Å². The third-order valence-corrected chi connectivity index (χ3v) is 3.50. The highest BCUT2D eigenvalue weighted by Crippen LogP contribution is 2.37. The van der Waals surface area contributed by atoms with Crippen LogP contribution in [-0.2, 0) is 9.47 Å². The van der Waals surface area contributed by atoms with Gasteiger partial charge in [-0.3, -0.25) is 0 Å². The minimum absolute atomic E-state index is 0.317. The van der Waals surface area contributed by atoms with E-state index in [2.05, 4.69) is 0 Å². The second kappa shape index (κ2) is 5.30. The third kappa shape index (κ3) is 2.39. The van der Waals surface area contributed by atoms with Gasteiger partial charge in [0.25, 0.3) is 0 Å². The molecule has 0 bridgehead atoms. The van der Waals surface area contributed by atoms with Crippen LogP contribution >= 0.6 is 0 Å². The molecule has 1 atom stereocenters. The second-order valence-corrected chi connectivity index (χ2v) is 4.46. The predicted octanol–water partition coefficient (Wildman–Crippen LogP) is 2.19. The summed E-state index contributed by atoms with van der Waals surface area (Å²) < 4.78 is 36.7. The van der Waals surface area contributed by atoms with Gasteiger partial charge < -0.3 is 14.6 Å². The molecule has 1 aromatic carbocycles. The first-order chi connectivity index (χ1) is 8.59. The number of rotatable bonds is 3. The molecule has 0 saturated carbocycles. The molecule has 1 saturated heterocycles. The van der Waals surface area contributed by atoms with Crippen LogP contribution in [-0.4, -0.2) is 31.0 Å². The monoisotopic (exact) mass is 258 g/mol. The maximum atomic E-state index is 13.2. The van der Waals surface area contributed by atoms with Crippen LogP contribution in [0.1, 0.15) is 24.5 Å². The molecular formula is C13H16F2O3. The Hall–Kier alpha value is -1.04. The van der Waals surface area contributed by atoms with Crippen molar-refractivity contribution in [2.75, 3.05) is 20.3 Å². The van der Waals surface area contributed by atoms with Crippen LogP contribution < -0.4 is 0 Å². The van der Waals surface area contributed by atoms with Gasteiger partial charge in [0.1, 0.15) is 11.7 Å². The topological polar surface area (TPSA) is 38.7 Å². The first-order valence-electron chi connectivity index (χ1n) is 5.85. The highest BCUT2D eigenvalue weighted by molar-refractivity contribution is 5.23. The number of aliphatic hydroxyl groups is 1. The standard InChI is InChI=1S/C13H16F2O3/c1-17-13(4-6-18-7-5-13)12(16)9-2-3-10(14)11(15)8-9/h2-3,8,12,16H,4-7H2,1H3. The molecule has 1 aliphatic rings. The molecule has 1 unspecified atom stereocenters. The van der Waals surface area contributed by atoms with E-state index in [1.165, 1.54) is 13.2 Å². The molecule has 0 aromatic heterocycles. The summed E-state index contributed by atoms with van der Waals surface area (Å²) in [5.74, 6) is -1.89. The molecule has 100 valence electrons. The summed E-state index contributed by atoms with van der Waals surface area (Å²) in [7, 11) is 1.51. The van der Waals surface area contributed by atoms with Crippen LogP contribution in [0.4, 0.5) is 8.78 Å². The molecule has 1 fully saturated rings. The summed E-state index contributed by atoms with van der Waals surface area (Å²) in [6, 6.07) is 3.39. The molecule has 2 rings (SSSR count). The molecule has 1 aromatic rings. The molecule has 3 nitrogen and oxygen atoms in total. The van der Waals surface area contributed by atoms with Crippen LogP contribution in [0.5, 0.6) is 0 Å². The number of hydrogen-bond acceptors (Lipinski definition) is 3. The van der Waals surface area contributed by atoms with Gasteiger partial charge in [-0.25, -0.2) is 8.78 Å². The lowest BCUT2D eigenvalue weighted by molar-refractivity contribution is -0.154. The molecule has 5 heteroatoms. The van der Waals surface area contributed by atoms with Crippen molar-refractivity contribution in [1.29, 1.82) is 0 Å². The maximum absolute atomic E-state index is 13.2. The highest BCUT2D eigenvalue weighted by atomic mass is 19.2. The van der Waals surface area contributed by atoms with E-state index in [4.69, 9.17) is 9.47 Å². The van der Waals surface area contributed by atoms with E-state index in [9.17, 15) is 13.9 Å². The van der Waals surface area contributed by atoms with E-state index in [1.54, 1.807) is 0 Å². The van der Waals surface area contributed by atoms with Crippen LogP contribution in [0.2, 0.25) is 0 Å². The highest BCUT2D eigenvalue weighted by Gasteiger charge is 2.40. The minimum atomic E-state index is -0.999. The lowest BCUT2D eigenvalue weighted by Crippen LogP contribution is -2.43. The van der Waals surface area contributed by atoms with Crippen molar-refractivity contribution in [3.63, 3.8) is 0 Å². The van der Waals surface area contributed by atoms with Crippen LogP contribution in [0.25, 0.3) is 0 Å². The predicted molar refractivity (Wildman–Crippen MR) is 61.1 cm³/mol. The Morgan fingerprint density at radius 1 is 1.28 bits per heavy atom. The van der Waals surface area contributed by atoms with Crippen molar-refractivity contribution in [3.05, 3.63) is 35.4 Å². The van der Waals surface area contributed by atoms with Crippen molar-refractivity contribution in [2.45, 2.75) is 24.5 Å². The fraction of sp³-hybridized carbons (Fsp3) is 0.538. The molecule has 0 amide bonds. The summed E-state index contributed by atoms with van der Waals surface area (Å²) in [6.07, 6.45) is 0.0364. The van der Waals surface area contributed by atoms with Gasteiger partial charge in [-0.1, -0.05) is 6.07 Å². The van der Waals surface area contributed by atoms with Crippen LogP contribution in [0, 0.1) is 11.6 Å². The fourth-order valence-electron chi connectivity index (χ4n) is 2.29. The van der Waals surface area contributed by atoms with E-state index in [-0.39, 0.29) is 0 Å². The lowest BCUT2D eigenvalue weighted by Gasteiger charge is -2.39. The quantitative estimate of drug-likeness (QED) is 0.903. The van der Waals surface area contributed by atoms with E-state index in [0.29, 0.717) is 31.6 Å². The first kappa shape index (κ1) is 13.4. The number of aliphatic hydroxyl groups excluding tert-OH is 1. The minimum Gasteiger partial charge on any atom is -0.385 e. The van der Waals surface area contributed by atoms with E-state index < -0.39 is 23.3 Å². The number of halogens is 2. The van der Waals surface area contributed by atoms with Crippen LogP contribution in [0.3, 0.4) is 0 Å². The van der Waals surface area contributed by atoms with E-state index in [1.807, 2.05) is 0 Å². The molecule has 0 aliphatic carbocycles. The third-order valence-electron chi connectivity index (χ3n) is 3.50. The van der Waals surface area contributed by atoms with E-state index >= 15 is 0 Å². The number of benzene rings is 1. The van der Waals surface area contributed by atoms with Gasteiger partial charge in [-0.15, -0.1) is 0 Å². The normalized spacial score (nSPS) is 20.7. The molecule has 0 spiro atoms. The van der Waals surface area contributed by atoms with Crippen molar-refractivity contribution < 1.29 is 23.4 Å². The molecule has 0 radical (unpaired) electrons. The SMILES string of the molecule is COC1(C(O)c2ccc(F)c(F)c2)CCOCC1. The average molecular weight is 258 g/mol. The molecule has 1 heterocycles. The summed E-state index contributed by atoms with van der Waals surface area (Å²) in [6.45, 7) is 0.961. The molecule has 18 heavy (non-hydrogen) atoms. The van der Waals surface area contributed by atoms with E-state index in [0.717, 1.165) is 12.1 Å². The fourth-order valence-corrected chi connectivity index (χ4v) is 2.29. The summed E-state index contributed by atoms with van der Waals surface area (Å²) in [5, 5.41) is 10.3. The number of ether oxygens (including phenoxy) is 2. The Morgan fingerprint density at radius 2 is 1.94 bits per heavy atom. The zero-order valence-corrected chi connectivity index (χ0v) is 10.2. The Bertz CT molecular complexity index is 417. The van der Waals surface area contributed by atoms with Gasteiger partial charge in [0.05, 0.1) is 0 Å². The smallest absolute Gasteiger partial charge is 0.159 e. The van der Waals surface area contributed by atoms with Crippen molar-refractivity contribution in [2.24, 2.45) is 0 Å². The van der Waals surface area contributed by atoms with Gasteiger partial charge in [0.15, 0.2) is 11.6 Å². The molecular weight excluding hydrogens is 242 g/mol. The number of hydrogen-bond donors (Lipinski definition) is 1. The van der Waals surface area contributed by atoms with Crippen molar-refractivity contribution in [3.8, 4) is 0 Å². The zero-order valence-electron chi connectivity index (χ0n) is 10.2. The van der Waals surface area contributed by atoms with Crippen LogP contribution in [0.15, 0.2) is 18.2 Å². The second-order valence-electron chi connectivity index (χ2n) is 4.46. The van der Waals surface area contributed by atoms with Gasteiger partial charge in [0.2, 0.25) is 0 Å². The Kier molecular flexibility index (Phi) is 3.94. The first-order valence-corrected chi connectivity index (χ1v) is 5.85. The Morgan fingerprint density at radius 3 is 2.50 bits per heavy atom. The molecule has 1 aliphatic heterocycles. The van der Waals surface area contributed by atoms with Gasteiger partial charge in [0, 0.05) is 33.2 Å². The van der Waals surface area contributed by atoms with Crippen molar-refractivity contribution in [1.82, 2.24) is 0 Å². The average Bonchev–Trinajstić information content (AvgIpc) is 2.42. The van der Waals surface area contributed by atoms with Gasteiger partial charge in [-0.2, -0.15) is 0 Å². The Labute approximate surface area is 104 Å². The summed E-state index contributed by atoms with van der Waals surface area (Å²) >= 11 is 0. The number of methoxy groups -OCH3 is 1. The summed E-state index contributed by atoms with van der Waals surface area (Å²) in [4.78, 5) is 0. The Balaban J connectivity index is 2.27. The lowest BCUT2D eigenvalue weighted by atomic mass is 9.84. The summed E-state index contributed by atoms with van der Waals surface area (Å²) in [5.41, 5.74) is -0.472. The van der Waals surface area contributed by atoms with Gasteiger partial charge in [-0.05, 0) is 17.7 Å².